The van der Waals surface area contributed by atoms with Crippen LogP contribution in [0.25, 0.3) is 0 Å². The molecule has 0 aromatic heterocycles. The molecule has 3 N–H and O–H groups in total. The number of amides is 2. The molecule has 0 saturated carbocycles. The number of carbonyl (C=O) groups is 2. The first-order valence-electron chi connectivity index (χ1n) is 6.90. The number of rotatable bonds is 7. The first-order valence-corrected chi connectivity index (χ1v) is 6.90. The van der Waals surface area contributed by atoms with Crippen LogP contribution in [0.5, 0.6) is 0 Å². The summed E-state index contributed by atoms with van der Waals surface area (Å²) in [6.45, 7) is 8.61. The molecule has 1 unspecified atom stereocenters. The summed E-state index contributed by atoms with van der Waals surface area (Å²) in [5.74, 6) is 0.331. The van der Waals surface area contributed by atoms with Gasteiger partial charge in [-0.25, -0.2) is 0 Å². The predicted molar refractivity (Wildman–Crippen MR) is 77.6 cm³/mol. The van der Waals surface area contributed by atoms with Gasteiger partial charge in [-0.3, -0.25) is 9.59 Å². The highest BCUT2D eigenvalue weighted by atomic mass is 16.2. The van der Waals surface area contributed by atoms with Crippen LogP contribution in [0.15, 0.2) is 0 Å². The SMILES string of the molecule is CC(CCN)CCC(=O)N(C)CC(=O)NC(C)(C)C. The first kappa shape index (κ1) is 17.9. The number of nitrogens with zero attached hydrogens (tertiary/aromatic N) is 1. The van der Waals surface area contributed by atoms with E-state index >= 15 is 0 Å². The highest BCUT2D eigenvalue weighted by molar-refractivity contribution is 5.84. The van der Waals surface area contributed by atoms with Crippen LogP contribution in [-0.2, 0) is 9.59 Å². The second-order valence-electron chi connectivity index (χ2n) is 6.27. The second kappa shape index (κ2) is 8.15. The maximum Gasteiger partial charge on any atom is 0.240 e. The van der Waals surface area contributed by atoms with Gasteiger partial charge in [0, 0.05) is 19.0 Å². The fraction of sp³-hybridized carbons (Fsp3) is 0.857. The molecule has 0 fully saturated rings. The lowest BCUT2D eigenvalue weighted by molar-refractivity contribution is -0.135. The van der Waals surface area contributed by atoms with Gasteiger partial charge >= 0.3 is 0 Å². The molecule has 0 aliphatic heterocycles. The van der Waals surface area contributed by atoms with E-state index in [-0.39, 0.29) is 23.9 Å². The minimum atomic E-state index is -0.267. The summed E-state index contributed by atoms with van der Waals surface area (Å²) in [6.07, 6.45) is 2.23. The van der Waals surface area contributed by atoms with Crippen molar-refractivity contribution in [3.05, 3.63) is 0 Å². The zero-order chi connectivity index (χ0) is 15.1. The Kier molecular flexibility index (Phi) is 7.68. The summed E-state index contributed by atoms with van der Waals surface area (Å²) in [6, 6.07) is 0. The highest BCUT2D eigenvalue weighted by Crippen LogP contribution is 2.10. The zero-order valence-electron chi connectivity index (χ0n) is 13.0. The van der Waals surface area contributed by atoms with Gasteiger partial charge in [-0.15, -0.1) is 0 Å². The Bertz CT molecular complexity index is 298. The number of nitrogens with one attached hydrogen (secondary N) is 1. The maximum atomic E-state index is 11.9. The average Bonchev–Trinajstić information content (AvgIpc) is 2.23. The molecule has 19 heavy (non-hydrogen) atoms. The molecule has 112 valence electrons. The predicted octanol–water partition coefficient (Wildman–Crippen LogP) is 1.12. The van der Waals surface area contributed by atoms with Gasteiger partial charge in [-0.1, -0.05) is 6.92 Å². The van der Waals surface area contributed by atoms with Crippen molar-refractivity contribution >= 4 is 11.8 Å². The Morgan fingerprint density at radius 1 is 1.26 bits per heavy atom. The van der Waals surface area contributed by atoms with Gasteiger partial charge in [0.2, 0.25) is 11.8 Å². The fourth-order valence-corrected chi connectivity index (χ4v) is 1.75. The lowest BCUT2D eigenvalue weighted by atomic mass is 10.0. The average molecular weight is 271 g/mol. The molecular formula is C14H29N3O2. The molecule has 0 aliphatic carbocycles. The van der Waals surface area contributed by atoms with Crippen molar-refractivity contribution < 1.29 is 9.59 Å². The molecule has 0 saturated heterocycles. The van der Waals surface area contributed by atoms with Gasteiger partial charge in [-0.05, 0) is 46.1 Å². The van der Waals surface area contributed by atoms with E-state index in [1.807, 2.05) is 20.8 Å². The molecule has 0 aromatic carbocycles. The van der Waals surface area contributed by atoms with Crippen LogP contribution in [0.3, 0.4) is 0 Å². The van der Waals surface area contributed by atoms with E-state index in [1.165, 1.54) is 4.90 Å². The van der Waals surface area contributed by atoms with Crippen LogP contribution in [0.1, 0.15) is 47.0 Å². The third kappa shape index (κ3) is 9.47. The molecule has 0 bridgehead atoms. The van der Waals surface area contributed by atoms with E-state index in [4.69, 9.17) is 5.73 Å². The van der Waals surface area contributed by atoms with E-state index in [1.54, 1.807) is 7.05 Å². The van der Waals surface area contributed by atoms with Crippen LogP contribution in [0, 0.1) is 5.92 Å². The number of likely N-dealkylation sites (N-methyl/N-ethyl adjacent to an activating group) is 1. The molecule has 0 aromatic rings. The van der Waals surface area contributed by atoms with Crippen LogP contribution >= 0.6 is 0 Å². The summed E-state index contributed by atoms with van der Waals surface area (Å²) < 4.78 is 0. The summed E-state index contributed by atoms with van der Waals surface area (Å²) in [4.78, 5) is 25.0. The Morgan fingerprint density at radius 3 is 2.32 bits per heavy atom. The van der Waals surface area contributed by atoms with Crippen LogP contribution in [0.2, 0.25) is 0 Å². The summed E-state index contributed by atoms with van der Waals surface area (Å²) in [5.41, 5.74) is 5.20. The number of nitrogens with two attached hydrogens (primary N) is 1. The molecule has 0 spiro atoms. The van der Waals surface area contributed by atoms with Gasteiger partial charge in [0.1, 0.15) is 0 Å². The van der Waals surface area contributed by atoms with Gasteiger partial charge in [0.05, 0.1) is 6.54 Å². The molecule has 5 nitrogen and oxygen atoms in total. The lowest BCUT2D eigenvalue weighted by Crippen LogP contribution is -2.46. The van der Waals surface area contributed by atoms with E-state index in [9.17, 15) is 9.59 Å². The van der Waals surface area contributed by atoms with Gasteiger partial charge in [-0.2, -0.15) is 0 Å². The largest absolute Gasteiger partial charge is 0.350 e. The summed E-state index contributed by atoms with van der Waals surface area (Å²) in [7, 11) is 1.66. The van der Waals surface area contributed by atoms with Crippen molar-refractivity contribution in [2.24, 2.45) is 11.7 Å². The topological polar surface area (TPSA) is 75.4 Å². The van der Waals surface area contributed by atoms with Crippen molar-refractivity contribution in [3.8, 4) is 0 Å². The van der Waals surface area contributed by atoms with Crippen molar-refractivity contribution in [2.75, 3.05) is 20.1 Å². The van der Waals surface area contributed by atoms with Crippen molar-refractivity contribution in [1.29, 1.82) is 0 Å². The Labute approximate surface area is 116 Å². The van der Waals surface area contributed by atoms with Crippen LogP contribution < -0.4 is 11.1 Å². The quantitative estimate of drug-likeness (QED) is 0.728. The number of carbonyl (C=O) groups excluding carboxylic acids is 2. The van der Waals surface area contributed by atoms with Gasteiger partial charge < -0.3 is 16.0 Å². The summed E-state index contributed by atoms with van der Waals surface area (Å²) in [5, 5.41) is 2.84. The minimum absolute atomic E-state index is 0.00734. The van der Waals surface area contributed by atoms with Crippen molar-refractivity contribution in [2.45, 2.75) is 52.5 Å². The molecule has 5 heteroatoms. The molecule has 0 radical (unpaired) electrons. The molecule has 2 amide bonds. The standard InChI is InChI=1S/C14H29N3O2/c1-11(8-9-15)6-7-13(19)17(5)10-12(18)16-14(2,3)4/h11H,6-10,15H2,1-5H3,(H,16,18). The smallest absolute Gasteiger partial charge is 0.240 e. The fourth-order valence-electron chi connectivity index (χ4n) is 1.75. The maximum absolute atomic E-state index is 11.9. The Morgan fingerprint density at radius 2 is 1.84 bits per heavy atom. The van der Waals surface area contributed by atoms with Crippen molar-refractivity contribution in [3.63, 3.8) is 0 Å². The molecule has 1 atom stereocenters. The molecule has 0 heterocycles. The zero-order valence-corrected chi connectivity index (χ0v) is 13.0. The second-order valence-corrected chi connectivity index (χ2v) is 6.27. The molecular weight excluding hydrogens is 242 g/mol. The van der Waals surface area contributed by atoms with E-state index in [2.05, 4.69) is 12.2 Å². The normalized spacial score (nSPS) is 12.9. The minimum Gasteiger partial charge on any atom is -0.350 e. The highest BCUT2D eigenvalue weighted by Gasteiger charge is 2.17. The van der Waals surface area contributed by atoms with Crippen LogP contribution in [-0.4, -0.2) is 42.4 Å². The summed E-state index contributed by atoms with van der Waals surface area (Å²) >= 11 is 0. The Hall–Kier alpha value is -1.10. The number of hydrogen-bond acceptors (Lipinski definition) is 3. The third-order valence-electron chi connectivity index (χ3n) is 2.83. The van der Waals surface area contributed by atoms with E-state index in [0.29, 0.717) is 18.9 Å². The first-order chi connectivity index (χ1) is 8.65. The van der Waals surface area contributed by atoms with Gasteiger partial charge in [0.15, 0.2) is 0 Å². The van der Waals surface area contributed by atoms with Crippen molar-refractivity contribution in [1.82, 2.24) is 10.2 Å². The molecule has 0 aliphatic rings. The third-order valence-corrected chi connectivity index (χ3v) is 2.83. The van der Waals surface area contributed by atoms with E-state index < -0.39 is 0 Å². The molecule has 0 rings (SSSR count). The number of hydrogen-bond donors (Lipinski definition) is 2. The lowest BCUT2D eigenvalue weighted by Gasteiger charge is -2.23. The van der Waals surface area contributed by atoms with E-state index in [0.717, 1.165) is 12.8 Å². The Balaban J connectivity index is 4.03. The monoisotopic (exact) mass is 271 g/mol. The van der Waals surface area contributed by atoms with Crippen LogP contribution in [0.4, 0.5) is 0 Å². The van der Waals surface area contributed by atoms with Gasteiger partial charge in [0.25, 0.3) is 0 Å².